The zero-order valence-electron chi connectivity index (χ0n) is 16.2. The number of hydrogen-bond donors (Lipinski definition) is 1. The van der Waals surface area contributed by atoms with Crippen LogP contribution >= 0.6 is 27.5 Å². The van der Waals surface area contributed by atoms with Crippen LogP contribution in [0.1, 0.15) is 24.5 Å². The van der Waals surface area contributed by atoms with Gasteiger partial charge in [-0.15, -0.1) is 0 Å². The van der Waals surface area contributed by atoms with Crippen molar-refractivity contribution in [2.75, 3.05) is 33.8 Å². The highest BCUT2D eigenvalue weighted by atomic mass is 79.9. The molecule has 2 aromatic rings. The van der Waals surface area contributed by atoms with Crippen LogP contribution in [-0.4, -0.2) is 38.7 Å². The van der Waals surface area contributed by atoms with Gasteiger partial charge in [-0.25, -0.2) is 0 Å². The summed E-state index contributed by atoms with van der Waals surface area (Å²) < 4.78 is 12.8. The lowest BCUT2D eigenvalue weighted by Crippen LogP contribution is -2.21. The molecule has 0 fully saturated rings. The lowest BCUT2D eigenvalue weighted by atomic mass is 10.2. The summed E-state index contributed by atoms with van der Waals surface area (Å²) >= 11 is 9.87. The third-order valence-corrected chi connectivity index (χ3v) is 5.13. The predicted octanol–water partition coefficient (Wildman–Crippen LogP) is 5.12. The Hall–Kier alpha value is -1.27. The summed E-state index contributed by atoms with van der Waals surface area (Å²) in [5.41, 5.74) is 2.10. The first-order valence-electron chi connectivity index (χ1n) is 9.18. The van der Waals surface area contributed by atoms with Gasteiger partial charge in [0.25, 0.3) is 0 Å². The summed E-state index contributed by atoms with van der Waals surface area (Å²) in [6.07, 6.45) is 1.11. The molecule has 0 bridgehead atoms. The number of nitrogens with one attached hydrogen (secondary N) is 1. The van der Waals surface area contributed by atoms with E-state index >= 15 is 0 Å². The summed E-state index contributed by atoms with van der Waals surface area (Å²) in [6, 6.07) is 11.7. The van der Waals surface area contributed by atoms with Gasteiger partial charge >= 0.3 is 0 Å². The summed E-state index contributed by atoms with van der Waals surface area (Å²) in [5, 5.41) is 4.18. The molecule has 0 aliphatic rings. The molecule has 6 heteroatoms. The smallest absolute Gasteiger partial charge is 0.162 e. The maximum atomic E-state index is 6.22. The maximum Gasteiger partial charge on any atom is 0.162 e. The van der Waals surface area contributed by atoms with Crippen LogP contribution in [0, 0.1) is 0 Å². The van der Waals surface area contributed by atoms with E-state index in [0.29, 0.717) is 24.0 Å². The fourth-order valence-electron chi connectivity index (χ4n) is 2.61. The van der Waals surface area contributed by atoms with Crippen molar-refractivity contribution in [3.63, 3.8) is 0 Å². The molecule has 0 heterocycles. The van der Waals surface area contributed by atoms with Gasteiger partial charge in [-0.05, 0) is 64.3 Å². The summed E-state index contributed by atoms with van der Waals surface area (Å²) in [4.78, 5) is 2.19. The van der Waals surface area contributed by atoms with Crippen molar-refractivity contribution in [1.82, 2.24) is 10.2 Å². The van der Waals surface area contributed by atoms with Gasteiger partial charge in [0.2, 0.25) is 0 Å². The second kappa shape index (κ2) is 11.5. The van der Waals surface area contributed by atoms with Crippen molar-refractivity contribution in [2.24, 2.45) is 0 Å². The average Bonchev–Trinajstić information content (AvgIpc) is 2.63. The van der Waals surface area contributed by atoms with E-state index in [1.54, 1.807) is 0 Å². The van der Waals surface area contributed by atoms with Crippen LogP contribution in [-0.2, 0) is 13.2 Å². The Kier molecular flexibility index (Phi) is 9.42. The molecule has 2 aromatic carbocycles. The first-order valence-corrected chi connectivity index (χ1v) is 10.3. The van der Waals surface area contributed by atoms with Crippen LogP contribution in [0.15, 0.2) is 40.9 Å². The predicted molar refractivity (Wildman–Crippen MR) is 116 cm³/mol. The van der Waals surface area contributed by atoms with Gasteiger partial charge in [0.1, 0.15) is 6.61 Å². The van der Waals surface area contributed by atoms with Crippen LogP contribution in [0.4, 0.5) is 0 Å². The van der Waals surface area contributed by atoms with Gasteiger partial charge < -0.3 is 19.7 Å². The molecule has 0 saturated carbocycles. The van der Waals surface area contributed by atoms with Crippen LogP contribution in [0.5, 0.6) is 11.5 Å². The Morgan fingerprint density at radius 2 is 1.81 bits per heavy atom. The Labute approximate surface area is 175 Å². The van der Waals surface area contributed by atoms with E-state index in [9.17, 15) is 0 Å². The van der Waals surface area contributed by atoms with Crippen molar-refractivity contribution in [3.05, 3.63) is 57.0 Å². The number of ether oxygens (including phenoxy) is 2. The Morgan fingerprint density at radius 3 is 2.52 bits per heavy atom. The molecule has 0 aliphatic heterocycles. The van der Waals surface area contributed by atoms with Crippen molar-refractivity contribution in [1.29, 1.82) is 0 Å². The largest absolute Gasteiger partial charge is 0.490 e. The van der Waals surface area contributed by atoms with Crippen molar-refractivity contribution < 1.29 is 9.47 Å². The molecule has 148 valence electrons. The zero-order valence-corrected chi connectivity index (χ0v) is 18.6. The molecule has 0 amide bonds. The first kappa shape index (κ1) is 22.0. The molecule has 0 aliphatic carbocycles. The summed E-state index contributed by atoms with van der Waals surface area (Å²) in [7, 11) is 4.18. The number of rotatable bonds is 11. The first-order chi connectivity index (χ1) is 13.0. The fraction of sp³-hybridized carbons (Fsp3) is 0.429. The van der Waals surface area contributed by atoms with E-state index in [1.165, 1.54) is 0 Å². The van der Waals surface area contributed by atoms with Crippen molar-refractivity contribution in [2.45, 2.75) is 26.5 Å². The third kappa shape index (κ3) is 7.34. The van der Waals surface area contributed by atoms with Crippen molar-refractivity contribution >= 4 is 27.5 Å². The van der Waals surface area contributed by atoms with E-state index in [-0.39, 0.29) is 0 Å². The highest BCUT2D eigenvalue weighted by Gasteiger charge is 2.12. The molecule has 4 nitrogen and oxygen atoms in total. The molecule has 2 rings (SSSR count). The molecule has 1 N–H and O–H groups in total. The fourth-order valence-corrected chi connectivity index (χ4v) is 3.26. The van der Waals surface area contributed by atoms with Gasteiger partial charge in [0.15, 0.2) is 11.5 Å². The Balaban J connectivity index is 2.02. The number of hydrogen-bond acceptors (Lipinski definition) is 4. The quantitative estimate of drug-likeness (QED) is 0.477. The molecule has 0 radical (unpaired) electrons. The van der Waals surface area contributed by atoms with E-state index in [1.807, 2.05) is 43.3 Å². The Morgan fingerprint density at radius 1 is 1.07 bits per heavy atom. The van der Waals surface area contributed by atoms with Crippen LogP contribution in [0.2, 0.25) is 5.02 Å². The maximum absolute atomic E-state index is 6.22. The minimum absolute atomic E-state index is 0.397. The molecule has 0 saturated heterocycles. The standard InChI is InChI=1S/C21H28BrClN2O2/c1-4-26-20-12-17(14-24-10-7-11-25(2)3)18(22)13-21(20)27-15-16-8-5-6-9-19(16)23/h5-6,8-9,12-13,24H,4,7,10-11,14-15H2,1-3H3. The van der Waals surface area contributed by atoms with E-state index < -0.39 is 0 Å². The monoisotopic (exact) mass is 454 g/mol. The molecule has 27 heavy (non-hydrogen) atoms. The van der Waals surface area contributed by atoms with Gasteiger partial charge in [0.05, 0.1) is 6.61 Å². The molecule has 0 unspecified atom stereocenters. The van der Waals surface area contributed by atoms with E-state index in [2.05, 4.69) is 40.2 Å². The lowest BCUT2D eigenvalue weighted by molar-refractivity contribution is 0.269. The van der Waals surface area contributed by atoms with E-state index in [0.717, 1.165) is 47.4 Å². The molecule has 0 atom stereocenters. The highest BCUT2D eigenvalue weighted by molar-refractivity contribution is 9.10. The average molecular weight is 456 g/mol. The molecular weight excluding hydrogens is 428 g/mol. The number of halogens is 2. The molecule has 0 aromatic heterocycles. The van der Waals surface area contributed by atoms with Crippen molar-refractivity contribution in [3.8, 4) is 11.5 Å². The van der Waals surface area contributed by atoms with Gasteiger partial charge in [-0.1, -0.05) is 45.7 Å². The molecular formula is C21H28BrClN2O2. The topological polar surface area (TPSA) is 33.7 Å². The Bertz CT molecular complexity index is 725. The van der Waals surface area contributed by atoms with Gasteiger partial charge in [-0.3, -0.25) is 0 Å². The highest BCUT2D eigenvalue weighted by Crippen LogP contribution is 2.34. The van der Waals surface area contributed by atoms with E-state index in [4.69, 9.17) is 21.1 Å². The lowest BCUT2D eigenvalue weighted by Gasteiger charge is -2.16. The number of nitrogens with zero attached hydrogens (tertiary/aromatic N) is 1. The summed E-state index contributed by atoms with van der Waals surface area (Å²) in [5.74, 6) is 1.46. The third-order valence-electron chi connectivity index (χ3n) is 4.03. The minimum Gasteiger partial charge on any atom is -0.490 e. The van der Waals surface area contributed by atoms with Crippen LogP contribution in [0.25, 0.3) is 0 Å². The SMILES string of the molecule is CCOc1cc(CNCCCN(C)C)c(Br)cc1OCc1ccccc1Cl. The normalized spacial score (nSPS) is 11.0. The molecule has 0 spiro atoms. The second-order valence-electron chi connectivity index (χ2n) is 6.54. The van der Waals surface area contributed by atoms with Crippen LogP contribution in [0.3, 0.4) is 0 Å². The number of benzene rings is 2. The van der Waals surface area contributed by atoms with Gasteiger partial charge in [0, 0.05) is 21.6 Å². The second-order valence-corrected chi connectivity index (χ2v) is 7.80. The van der Waals surface area contributed by atoms with Crippen LogP contribution < -0.4 is 14.8 Å². The zero-order chi connectivity index (χ0) is 19.6. The van der Waals surface area contributed by atoms with Gasteiger partial charge in [-0.2, -0.15) is 0 Å². The summed E-state index contributed by atoms with van der Waals surface area (Å²) in [6.45, 7) is 5.78. The minimum atomic E-state index is 0.397.